The van der Waals surface area contributed by atoms with Crippen molar-refractivity contribution in [2.45, 2.75) is 51.4 Å². The molecule has 4 aliphatic heterocycles. The number of amides is 2. The molecule has 2 aromatic carbocycles. The minimum atomic E-state index is -0.547. The number of piperidine rings is 2. The van der Waals surface area contributed by atoms with E-state index in [1.165, 1.54) is 0 Å². The van der Waals surface area contributed by atoms with Gasteiger partial charge in [-0.2, -0.15) is 0 Å². The van der Waals surface area contributed by atoms with Crippen molar-refractivity contribution in [1.82, 2.24) is 9.80 Å². The Hall–Kier alpha value is -4.20. The number of hydrogen-bond donors (Lipinski definition) is 0. The summed E-state index contributed by atoms with van der Waals surface area (Å²) in [5, 5.41) is 0. The number of hydrogen-bond acceptors (Lipinski definition) is 6. The molecule has 8 nitrogen and oxygen atoms in total. The summed E-state index contributed by atoms with van der Waals surface area (Å²) in [7, 11) is 0. The van der Waals surface area contributed by atoms with Gasteiger partial charge in [0.2, 0.25) is 25.4 Å². The summed E-state index contributed by atoms with van der Waals surface area (Å²) in [5.41, 5.74) is 3.95. The molecule has 0 radical (unpaired) electrons. The summed E-state index contributed by atoms with van der Waals surface area (Å²) in [4.78, 5) is 32.7. The van der Waals surface area contributed by atoms with Crippen LogP contribution in [0.5, 0.6) is 23.0 Å². The second-order valence-corrected chi connectivity index (χ2v) is 12.2. The van der Waals surface area contributed by atoms with Gasteiger partial charge in [0.25, 0.3) is 0 Å². The first-order chi connectivity index (χ1) is 21.7. The van der Waals surface area contributed by atoms with Crippen LogP contribution < -0.4 is 18.9 Å². The van der Waals surface area contributed by atoms with Gasteiger partial charge in [-0.15, -0.1) is 0 Å². The smallest absolute Gasteiger partial charge is 0.231 e. The van der Waals surface area contributed by atoms with Gasteiger partial charge in [-0.05, 0) is 97.9 Å². The molecule has 2 amide bonds. The molecule has 0 unspecified atom stereocenters. The molecule has 7 rings (SSSR count). The normalized spacial score (nSPS) is 23.2. The summed E-state index contributed by atoms with van der Waals surface area (Å²) in [6.45, 7) is 3.48. The van der Waals surface area contributed by atoms with Crippen LogP contribution in [-0.4, -0.2) is 61.4 Å². The zero-order valence-corrected chi connectivity index (χ0v) is 25.2. The van der Waals surface area contributed by atoms with E-state index in [-0.39, 0.29) is 31.3 Å². The standard InChI is InChI=1S/C36H40N2O6/c39-35(37-17-5-1-6-18-37)28-14-12-26(10-4-3-9-25-11-15-29-31(21-25)43-23-41-29)33(27-13-16-30-32(22-27)44-24-42-30)34(28)36(40)38-19-7-2-8-20-38/h3-4,9-11,13,15-16,21-22,28,34H,1-2,5-8,12,14,17-20,23-24H2/b9-3+,10-4+/t28-,34+/m0/s1. The van der Waals surface area contributed by atoms with E-state index in [0.717, 1.165) is 98.5 Å². The van der Waals surface area contributed by atoms with E-state index in [1.807, 2.05) is 64.4 Å². The second-order valence-electron chi connectivity index (χ2n) is 12.2. The van der Waals surface area contributed by atoms with Crippen LogP contribution in [0.1, 0.15) is 62.5 Å². The van der Waals surface area contributed by atoms with Gasteiger partial charge in [-0.1, -0.05) is 36.4 Å². The van der Waals surface area contributed by atoms with E-state index in [9.17, 15) is 9.59 Å². The molecule has 2 saturated heterocycles. The molecule has 0 spiro atoms. The van der Waals surface area contributed by atoms with Crippen molar-refractivity contribution < 1.29 is 28.5 Å². The Morgan fingerprint density at radius 3 is 1.95 bits per heavy atom. The number of nitrogens with zero attached hydrogens (tertiary/aromatic N) is 2. The lowest BCUT2D eigenvalue weighted by Gasteiger charge is -2.40. The fraction of sp³-hybridized carbons (Fsp3) is 0.444. The third-order valence-corrected chi connectivity index (χ3v) is 9.48. The minimum absolute atomic E-state index is 0.0780. The van der Waals surface area contributed by atoms with Crippen LogP contribution in [0.25, 0.3) is 11.6 Å². The number of carbonyl (C=O) groups excluding carboxylic acids is 2. The zero-order valence-electron chi connectivity index (χ0n) is 25.2. The van der Waals surface area contributed by atoms with E-state index >= 15 is 0 Å². The first-order valence-electron chi connectivity index (χ1n) is 16.1. The van der Waals surface area contributed by atoms with E-state index in [1.54, 1.807) is 0 Å². The Labute approximate surface area is 258 Å². The third-order valence-electron chi connectivity index (χ3n) is 9.48. The maximum Gasteiger partial charge on any atom is 0.231 e. The molecule has 4 heterocycles. The highest BCUT2D eigenvalue weighted by Gasteiger charge is 2.44. The quantitative estimate of drug-likeness (QED) is 0.369. The van der Waals surface area contributed by atoms with Gasteiger partial charge in [-0.25, -0.2) is 0 Å². The van der Waals surface area contributed by atoms with Crippen LogP contribution in [0.15, 0.2) is 60.2 Å². The van der Waals surface area contributed by atoms with E-state index < -0.39 is 5.92 Å². The fourth-order valence-corrected chi connectivity index (χ4v) is 7.19. The summed E-state index contributed by atoms with van der Waals surface area (Å²) in [5.74, 6) is 2.16. The molecule has 1 aliphatic carbocycles. The molecule has 0 saturated carbocycles. The van der Waals surface area contributed by atoms with Crippen molar-refractivity contribution in [2.75, 3.05) is 39.8 Å². The van der Waals surface area contributed by atoms with Crippen molar-refractivity contribution >= 4 is 23.5 Å². The molecule has 230 valence electrons. The molecular formula is C36H40N2O6. The molecule has 0 bridgehead atoms. The van der Waals surface area contributed by atoms with Crippen molar-refractivity contribution in [3.8, 4) is 23.0 Å². The highest BCUT2D eigenvalue weighted by Crippen LogP contribution is 2.46. The predicted octanol–water partition coefficient (Wildman–Crippen LogP) is 6.22. The minimum Gasteiger partial charge on any atom is -0.454 e. The number of carbonyl (C=O) groups is 2. The summed E-state index contributed by atoms with van der Waals surface area (Å²) >= 11 is 0. The summed E-state index contributed by atoms with van der Waals surface area (Å²) in [6.07, 6.45) is 15.9. The van der Waals surface area contributed by atoms with Crippen molar-refractivity contribution in [2.24, 2.45) is 11.8 Å². The maximum absolute atomic E-state index is 14.5. The molecule has 5 aliphatic rings. The summed E-state index contributed by atoms with van der Waals surface area (Å²) < 4.78 is 22.3. The van der Waals surface area contributed by atoms with Crippen molar-refractivity contribution in [1.29, 1.82) is 0 Å². The Bertz CT molecular complexity index is 1500. The number of fused-ring (bicyclic) bond motifs is 2. The van der Waals surface area contributed by atoms with Gasteiger partial charge in [0.05, 0.1) is 11.8 Å². The van der Waals surface area contributed by atoms with Crippen LogP contribution in [0.3, 0.4) is 0 Å². The molecule has 2 atom stereocenters. The highest BCUT2D eigenvalue weighted by molar-refractivity contribution is 5.99. The van der Waals surface area contributed by atoms with E-state index in [0.29, 0.717) is 24.3 Å². The molecule has 2 fully saturated rings. The second kappa shape index (κ2) is 12.8. The Kier molecular flexibility index (Phi) is 8.31. The monoisotopic (exact) mass is 596 g/mol. The summed E-state index contributed by atoms with van der Waals surface area (Å²) in [6, 6.07) is 11.8. The van der Waals surface area contributed by atoms with Crippen LogP contribution in [-0.2, 0) is 9.59 Å². The van der Waals surface area contributed by atoms with Crippen molar-refractivity contribution in [3.63, 3.8) is 0 Å². The first kappa shape index (κ1) is 28.6. The van der Waals surface area contributed by atoms with E-state index in [2.05, 4.69) is 6.08 Å². The van der Waals surface area contributed by atoms with Crippen LogP contribution >= 0.6 is 0 Å². The van der Waals surface area contributed by atoms with Crippen molar-refractivity contribution in [3.05, 3.63) is 71.3 Å². The number of allylic oxidation sites excluding steroid dienone is 4. The van der Waals surface area contributed by atoms with Crippen LogP contribution in [0.4, 0.5) is 0 Å². The molecule has 0 aromatic heterocycles. The average molecular weight is 597 g/mol. The van der Waals surface area contributed by atoms with E-state index in [4.69, 9.17) is 18.9 Å². The van der Waals surface area contributed by atoms with Crippen LogP contribution in [0, 0.1) is 11.8 Å². The van der Waals surface area contributed by atoms with Gasteiger partial charge < -0.3 is 28.7 Å². The average Bonchev–Trinajstić information content (AvgIpc) is 3.75. The topological polar surface area (TPSA) is 77.5 Å². The molecular weight excluding hydrogens is 556 g/mol. The fourth-order valence-electron chi connectivity index (χ4n) is 7.19. The van der Waals surface area contributed by atoms with Gasteiger partial charge in [0, 0.05) is 26.2 Å². The van der Waals surface area contributed by atoms with Gasteiger partial charge in [0.15, 0.2) is 23.0 Å². The Balaban J connectivity index is 1.27. The van der Waals surface area contributed by atoms with Gasteiger partial charge >= 0.3 is 0 Å². The van der Waals surface area contributed by atoms with Gasteiger partial charge in [0.1, 0.15) is 0 Å². The largest absolute Gasteiger partial charge is 0.454 e. The zero-order chi connectivity index (χ0) is 29.9. The lowest BCUT2D eigenvalue weighted by molar-refractivity contribution is -0.145. The van der Waals surface area contributed by atoms with Crippen LogP contribution in [0.2, 0.25) is 0 Å². The predicted molar refractivity (Wildman–Crippen MR) is 167 cm³/mol. The highest BCUT2D eigenvalue weighted by atomic mass is 16.7. The lowest BCUT2D eigenvalue weighted by atomic mass is 9.70. The third kappa shape index (κ3) is 5.82. The lowest BCUT2D eigenvalue weighted by Crippen LogP contribution is -2.49. The molecule has 44 heavy (non-hydrogen) atoms. The number of rotatable bonds is 6. The number of benzene rings is 2. The first-order valence-corrected chi connectivity index (χ1v) is 16.1. The molecule has 8 heteroatoms. The number of ether oxygens (including phenoxy) is 4. The Morgan fingerprint density at radius 2 is 1.25 bits per heavy atom. The molecule has 2 aromatic rings. The maximum atomic E-state index is 14.5. The SMILES string of the molecule is O=C([C@H]1C(c2ccc3c(c2)OCO3)=C(/C=C/C=C/c2ccc3c(c2)OCO3)CC[C@@H]1C(=O)N1CCCCC1)N1CCCCC1. The number of likely N-dealkylation sites (tertiary alicyclic amines) is 2. The molecule has 0 N–H and O–H groups in total. The Morgan fingerprint density at radius 1 is 0.659 bits per heavy atom. The van der Waals surface area contributed by atoms with Gasteiger partial charge in [-0.3, -0.25) is 9.59 Å².